The number of rotatable bonds is 5. The molecule has 1 heterocycles. The van der Waals surface area contributed by atoms with Crippen LogP contribution in [0.15, 0.2) is 36.7 Å². The highest BCUT2D eigenvalue weighted by atomic mass is 35.5. The minimum atomic E-state index is -0.297. The Morgan fingerprint density at radius 2 is 2.15 bits per heavy atom. The molecule has 20 heavy (non-hydrogen) atoms. The van der Waals surface area contributed by atoms with Crippen molar-refractivity contribution >= 4 is 29.0 Å². The molecule has 2 rings (SSSR count). The van der Waals surface area contributed by atoms with Gasteiger partial charge in [0, 0.05) is 23.3 Å². The van der Waals surface area contributed by atoms with E-state index in [1.807, 2.05) is 0 Å². The lowest BCUT2D eigenvalue weighted by Crippen LogP contribution is -2.14. The molecule has 0 saturated heterocycles. The van der Waals surface area contributed by atoms with Crippen molar-refractivity contribution in [3.05, 3.63) is 47.4 Å². The first kappa shape index (κ1) is 14.3. The minimum Gasteiger partial charge on any atom is -0.370 e. The summed E-state index contributed by atoms with van der Waals surface area (Å²) in [4.78, 5) is 20.1. The van der Waals surface area contributed by atoms with E-state index < -0.39 is 0 Å². The Morgan fingerprint density at radius 3 is 2.90 bits per heavy atom. The average Bonchev–Trinajstić information content (AvgIpc) is 2.45. The smallest absolute Gasteiger partial charge is 0.274 e. The number of amides is 1. The molecule has 0 radical (unpaired) electrons. The molecule has 0 aliphatic carbocycles. The van der Waals surface area contributed by atoms with Crippen molar-refractivity contribution in [1.29, 1.82) is 0 Å². The van der Waals surface area contributed by atoms with Gasteiger partial charge in [0.2, 0.25) is 0 Å². The van der Waals surface area contributed by atoms with Crippen molar-refractivity contribution in [2.45, 2.75) is 13.3 Å². The van der Waals surface area contributed by atoms with Gasteiger partial charge in [0.05, 0.1) is 0 Å². The van der Waals surface area contributed by atoms with Crippen LogP contribution in [0.3, 0.4) is 0 Å². The van der Waals surface area contributed by atoms with Gasteiger partial charge in [-0.2, -0.15) is 0 Å². The maximum absolute atomic E-state index is 12.1. The SMILES string of the molecule is CCCNc1cc(C(=O)Nc2cccc(Cl)c2)ncn1. The molecule has 0 bridgehead atoms. The zero-order chi connectivity index (χ0) is 14.4. The van der Waals surface area contributed by atoms with Gasteiger partial charge in [-0.05, 0) is 24.6 Å². The molecule has 0 atom stereocenters. The van der Waals surface area contributed by atoms with Gasteiger partial charge in [-0.15, -0.1) is 0 Å². The monoisotopic (exact) mass is 290 g/mol. The predicted molar refractivity (Wildman–Crippen MR) is 80.2 cm³/mol. The highest BCUT2D eigenvalue weighted by Crippen LogP contribution is 2.15. The second-order valence-electron chi connectivity index (χ2n) is 4.18. The van der Waals surface area contributed by atoms with Gasteiger partial charge in [-0.1, -0.05) is 24.6 Å². The summed E-state index contributed by atoms with van der Waals surface area (Å²) < 4.78 is 0. The molecule has 0 saturated carbocycles. The maximum atomic E-state index is 12.1. The third kappa shape index (κ3) is 3.93. The van der Waals surface area contributed by atoms with Crippen molar-refractivity contribution in [3.63, 3.8) is 0 Å². The molecule has 104 valence electrons. The highest BCUT2D eigenvalue weighted by molar-refractivity contribution is 6.30. The molecule has 1 amide bonds. The zero-order valence-electron chi connectivity index (χ0n) is 11.1. The van der Waals surface area contributed by atoms with Gasteiger partial charge in [-0.25, -0.2) is 9.97 Å². The van der Waals surface area contributed by atoms with E-state index in [0.717, 1.165) is 13.0 Å². The van der Waals surface area contributed by atoms with Crippen LogP contribution in [0.2, 0.25) is 5.02 Å². The summed E-state index contributed by atoms with van der Waals surface area (Å²) >= 11 is 5.87. The molecule has 5 nitrogen and oxygen atoms in total. The molecule has 0 spiro atoms. The number of anilines is 2. The molecule has 1 aromatic carbocycles. The molecule has 6 heteroatoms. The number of hydrogen-bond acceptors (Lipinski definition) is 4. The maximum Gasteiger partial charge on any atom is 0.274 e. The van der Waals surface area contributed by atoms with Gasteiger partial charge in [-0.3, -0.25) is 4.79 Å². The van der Waals surface area contributed by atoms with Crippen LogP contribution in [0.5, 0.6) is 0 Å². The topological polar surface area (TPSA) is 66.9 Å². The Balaban J connectivity index is 2.09. The van der Waals surface area contributed by atoms with E-state index >= 15 is 0 Å². The van der Waals surface area contributed by atoms with Gasteiger partial charge < -0.3 is 10.6 Å². The van der Waals surface area contributed by atoms with Crippen molar-refractivity contribution in [2.75, 3.05) is 17.2 Å². The van der Waals surface area contributed by atoms with Crippen LogP contribution in [-0.2, 0) is 0 Å². The fourth-order valence-electron chi connectivity index (χ4n) is 1.59. The minimum absolute atomic E-state index is 0.297. The van der Waals surface area contributed by atoms with E-state index in [2.05, 4.69) is 27.5 Å². The van der Waals surface area contributed by atoms with Crippen molar-refractivity contribution < 1.29 is 4.79 Å². The second kappa shape index (κ2) is 6.86. The Bertz CT molecular complexity index is 603. The number of benzene rings is 1. The van der Waals surface area contributed by atoms with E-state index in [9.17, 15) is 4.79 Å². The zero-order valence-corrected chi connectivity index (χ0v) is 11.8. The first-order valence-electron chi connectivity index (χ1n) is 6.32. The quantitative estimate of drug-likeness (QED) is 0.887. The van der Waals surface area contributed by atoms with Crippen molar-refractivity contribution in [2.24, 2.45) is 0 Å². The molecule has 0 aliphatic rings. The van der Waals surface area contributed by atoms with E-state index in [4.69, 9.17) is 11.6 Å². The number of halogens is 1. The largest absolute Gasteiger partial charge is 0.370 e. The molecule has 1 aromatic heterocycles. The Kier molecular flexibility index (Phi) is 4.90. The van der Waals surface area contributed by atoms with Crippen LogP contribution in [0.1, 0.15) is 23.8 Å². The van der Waals surface area contributed by atoms with Gasteiger partial charge in [0.1, 0.15) is 17.8 Å². The first-order valence-corrected chi connectivity index (χ1v) is 6.69. The fraction of sp³-hybridized carbons (Fsp3) is 0.214. The van der Waals surface area contributed by atoms with Crippen molar-refractivity contribution in [1.82, 2.24) is 9.97 Å². The van der Waals surface area contributed by atoms with Gasteiger partial charge in [0.15, 0.2) is 0 Å². The Labute approximate surface area is 122 Å². The third-order valence-electron chi connectivity index (χ3n) is 2.54. The molecular weight excluding hydrogens is 276 g/mol. The van der Waals surface area contributed by atoms with Crippen molar-refractivity contribution in [3.8, 4) is 0 Å². The highest BCUT2D eigenvalue weighted by Gasteiger charge is 2.09. The Morgan fingerprint density at radius 1 is 1.30 bits per heavy atom. The van der Waals surface area contributed by atoms with E-state index in [1.165, 1.54) is 6.33 Å². The first-order chi connectivity index (χ1) is 9.69. The summed E-state index contributed by atoms with van der Waals surface area (Å²) in [6.07, 6.45) is 2.35. The lowest BCUT2D eigenvalue weighted by molar-refractivity contribution is 0.102. The van der Waals surface area contributed by atoms with Crippen LogP contribution < -0.4 is 10.6 Å². The predicted octanol–water partition coefficient (Wildman–Crippen LogP) is 3.20. The summed E-state index contributed by atoms with van der Waals surface area (Å²) in [5, 5.41) is 6.42. The fourth-order valence-corrected chi connectivity index (χ4v) is 1.78. The summed E-state index contributed by atoms with van der Waals surface area (Å²) in [7, 11) is 0. The normalized spacial score (nSPS) is 10.1. The lowest BCUT2D eigenvalue weighted by atomic mass is 10.3. The van der Waals surface area contributed by atoms with E-state index in [1.54, 1.807) is 30.3 Å². The molecule has 2 aromatic rings. The second-order valence-corrected chi connectivity index (χ2v) is 4.62. The van der Waals surface area contributed by atoms with Gasteiger partial charge in [0.25, 0.3) is 5.91 Å². The van der Waals surface area contributed by atoms with Crippen LogP contribution in [-0.4, -0.2) is 22.4 Å². The van der Waals surface area contributed by atoms with Gasteiger partial charge >= 0.3 is 0 Å². The number of carbonyl (C=O) groups is 1. The standard InChI is InChI=1S/C14H15ClN4O/c1-2-6-16-13-8-12(17-9-18-13)14(20)19-11-5-3-4-10(15)7-11/h3-5,7-9H,2,6H2,1H3,(H,19,20)(H,16,17,18). The number of carbonyl (C=O) groups excluding carboxylic acids is 1. The molecule has 0 unspecified atom stereocenters. The van der Waals surface area contributed by atoms with E-state index in [-0.39, 0.29) is 5.91 Å². The summed E-state index contributed by atoms with van der Waals surface area (Å²) in [6.45, 7) is 2.85. The molecule has 0 fully saturated rings. The van der Waals surface area contributed by atoms with Crippen LogP contribution >= 0.6 is 11.6 Å². The van der Waals surface area contributed by atoms with Crippen LogP contribution in [0, 0.1) is 0 Å². The average molecular weight is 291 g/mol. The molecular formula is C14H15ClN4O. The Hall–Kier alpha value is -2.14. The van der Waals surface area contributed by atoms with E-state index in [0.29, 0.717) is 22.2 Å². The number of hydrogen-bond donors (Lipinski definition) is 2. The number of nitrogens with one attached hydrogen (secondary N) is 2. The summed E-state index contributed by atoms with van der Waals surface area (Å²) in [6, 6.07) is 8.58. The van der Waals surface area contributed by atoms with Crippen LogP contribution in [0.4, 0.5) is 11.5 Å². The third-order valence-corrected chi connectivity index (χ3v) is 2.77. The lowest BCUT2D eigenvalue weighted by Gasteiger charge is -2.07. The number of aromatic nitrogens is 2. The number of nitrogens with zero attached hydrogens (tertiary/aromatic N) is 2. The molecule has 2 N–H and O–H groups in total. The van der Waals surface area contributed by atoms with Crippen LogP contribution in [0.25, 0.3) is 0 Å². The molecule has 0 aliphatic heterocycles. The summed E-state index contributed by atoms with van der Waals surface area (Å²) in [5.74, 6) is 0.340. The summed E-state index contributed by atoms with van der Waals surface area (Å²) in [5.41, 5.74) is 0.933.